The van der Waals surface area contributed by atoms with Gasteiger partial charge in [0.1, 0.15) is 0 Å². The number of hydrogen-bond acceptors (Lipinski definition) is 3. The highest BCUT2D eigenvalue weighted by atomic mass is 16.5. The van der Waals surface area contributed by atoms with E-state index in [-0.39, 0.29) is 11.4 Å². The first-order chi connectivity index (χ1) is 12.7. The minimum Gasteiger partial charge on any atom is -0.382 e. The van der Waals surface area contributed by atoms with E-state index in [1.54, 1.807) is 7.11 Å². The second-order valence-electron chi connectivity index (χ2n) is 7.48. The van der Waals surface area contributed by atoms with Gasteiger partial charge < -0.3 is 14.5 Å². The van der Waals surface area contributed by atoms with Gasteiger partial charge in [0, 0.05) is 32.3 Å². The molecule has 1 aliphatic rings. The van der Waals surface area contributed by atoms with Gasteiger partial charge in [0.2, 0.25) is 5.91 Å². The monoisotopic (exact) mass is 360 g/mol. The Morgan fingerprint density at radius 2 is 1.81 bits per heavy atom. The topological polar surface area (TPSA) is 32.8 Å². The fourth-order valence-electron chi connectivity index (χ4n) is 4.07. The smallest absolute Gasteiger partial charge is 0.227 e. The largest absolute Gasteiger partial charge is 0.382 e. The fraction of sp³-hybridized carbons (Fsp3) is 0.682. The first-order valence-corrected chi connectivity index (χ1v) is 10.3. The van der Waals surface area contributed by atoms with Crippen molar-refractivity contribution in [3.05, 3.63) is 30.3 Å². The summed E-state index contributed by atoms with van der Waals surface area (Å²) in [6, 6.07) is 10.1. The highest BCUT2D eigenvalue weighted by Gasteiger charge is 2.42. The van der Waals surface area contributed by atoms with E-state index in [9.17, 15) is 4.79 Å². The van der Waals surface area contributed by atoms with Gasteiger partial charge in [0.15, 0.2) is 0 Å². The number of benzene rings is 1. The van der Waals surface area contributed by atoms with Crippen LogP contribution in [-0.4, -0.2) is 49.7 Å². The van der Waals surface area contributed by atoms with Crippen molar-refractivity contribution in [2.75, 3.05) is 38.3 Å². The summed E-state index contributed by atoms with van der Waals surface area (Å²) in [4.78, 5) is 17.5. The summed E-state index contributed by atoms with van der Waals surface area (Å²) >= 11 is 0. The molecule has 0 spiro atoms. The van der Waals surface area contributed by atoms with Gasteiger partial charge in [-0.3, -0.25) is 4.79 Å². The lowest BCUT2D eigenvalue weighted by atomic mass is 9.85. The van der Waals surface area contributed by atoms with Crippen molar-refractivity contribution in [3.8, 4) is 0 Å². The Morgan fingerprint density at radius 3 is 2.38 bits per heavy atom. The van der Waals surface area contributed by atoms with Crippen LogP contribution >= 0.6 is 0 Å². The molecule has 1 aliphatic heterocycles. The maximum atomic E-state index is 12.9. The number of piperidine rings is 1. The predicted molar refractivity (Wildman–Crippen MR) is 109 cm³/mol. The zero-order valence-corrected chi connectivity index (χ0v) is 16.9. The second-order valence-corrected chi connectivity index (χ2v) is 7.48. The van der Waals surface area contributed by atoms with Crippen molar-refractivity contribution < 1.29 is 9.53 Å². The zero-order valence-electron chi connectivity index (χ0n) is 16.9. The molecule has 2 rings (SSSR count). The number of carbonyl (C=O) groups is 1. The Morgan fingerprint density at radius 1 is 1.12 bits per heavy atom. The third-order valence-electron chi connectivity index (χ3n) is 5.57. The molecule has 0 N–H and O–H groups in total. The molecular formula is C22H36N2O2. The van der Waals surface area contributed by atoms with Crippen LogP contribution in [0.4, 0.5) is 5.69 Å². The van der Waals surface area contributed by atoms with Gasteiger partial charge in [0.25, 0.3) is 0 Å². The number of methoxy groups -OCH3 is 1. The van der Waals surface area contributed by atoms with E-state index in [1.807, 2.05) is 42.2 Å². The summed E-state index contributed by atoms with van der Waals surface area (Å²) in [7, 11) is 1.75. The molecule has 0 unspecified atom stereocenters. The Labute approximate surface area is 159 Å². The van der Waals surface area contributed by atoms with Crippen molar-refractivity contribution in [1.82, 2.24) is 4.90 Å². The molecular weight excluding hydrogens is 324 g/mol. The molecule has 1 aromatic rings. The Kier molecular flexibility index (Phi) is 8.60. The van der Waals surface area contributed by atoms with Gasteiger partial charge in [0.05, 0.1) is 12.1 Å². The number of carbonyl (C=O) groups excluding carboxylic acids is 1. The van der Waals surface area contributed by atoms with Crippen LogP contribution in [0.2, 0.25) is 0 Å². The number of hydrogen-bond donors (Lipinski definition) is 0. The van der Waals surface area contributed by atoms with Crippen LogP contribution in [0.3, 0.4) is 0 Å². The summed E-state index contributed by atoms with van der Waals surface area (Å²) in [5.41, 5.74) is 0.760. The molecule has 0 aliphatic carbocycles. The number of unbranched alkanes of at least 4 members (excludes halogenated alkanes) is 3. The van der Waals surface area contributed by atoms with Crippen LogP contribution in [0.5, 0.6) is 0 Å². The van der Waals surface area contributed by atoms with Gasteiger partial charge in [-0.1, -0.05) is 51.3 Å². The van der Waals surface area contributed by atoms with Gasteiger partial charge in [-0.05, 0) is 37.9 Å². The fourth-order valence-corrected chi connectivity index (χ4v) is 4.07. The van der Waals surface area contributed by atoms with Crippen molar-refractivity contribution >= 4 is 11.6 Å². The van der Waals surface area contributed by atoms with Crippen molar-refractivity contribution in [3.63, 3.8) is 0 Å². The third-order valence-corrected chi connectivity index (χ3v) is 5.57. The summed E-state index contributed by atoms with van der Waals surface area (Å²) in [6.07, 6.45) is 7.66. The number of para-hydroxylation sites is 1. The number of rotatable bonds is 10. The second kappa shape index (κ2) is 10.7. The average Bonchev–Trinajstić information content (AvgIpc) is 2.68. The maximum absolute atomic E-state index is 12.9. The number of nitrogens with zero attached hydrogens (tertiary/aromatic N) is 2. The zero-order chi connectivity index (χ0) is 18.8. The van der Waals surface area contributed by atoms with Gasteiger partial charge in [-0.15, -0.1) is 0 Å². The van der Waals surface area contributed by atoms with E-state index in [1.165, 1.54) is 32.2 Å². The molecule has 4 nitrogen and oxygen atoms in total. The summed E-state index contributed by atoms with van der Waals surface area (Å²) in [6.45, 7) is 8.05. The highest BCUT2D eigenvalue weighted by Crippen LogP contribution is 2.34. The molecule has 0 aromatic heterocycles. The molecule has 0 bridgehead atoms. The van der Waals surface area contributed by atoms with Crippen LogP contribution < -0.4 is 4.90 Å². The summed E-state index contributed by atoms with van der Waals surface area (Å²) in [5.74, 6) is 0.185. The molecule has 0 saturated carbocycles. The predicted octanol–water partition coefficient (Wildman–Crippen LogP) is 4.49. The number of amides is 1. The standard InChI is InChI=1S/C22H36N2O2/c1-4-6-7-11-16-23-17-14-22(15-18-23,19-26-3)24(21(25)5-2)20-12-9-8-10-13-20/h8-10,12-13H,4-7,11,14-19H2,1-3H3. The Hall–Kier alpha value is -1.39. The van der Waals surface area contributed by atoms with Crippen LogP contribution in [0.15, 0.2) is 30.3 Å². The third kappa shape index (κ3) is 5.31. The Balaban J connectivity index is 2.11. The normalized spacial score (nSPS) is 17.2. The average molecular weight is 361 g/mol. The van der Waals surface area contributed by atoms with E-state index in [0.717, 1.165) is 31.6 Å². The number of likely N-dealkylation sites (tertiary alicyclic amines) is 1. The Bertz CT molecular complexity index is 524. The molecule has 1 heterocycles. The van der Waals surface area contributed by atoms with Crippen LogP contribution in [0.25, 0.3) is 0 Å². The first-order valence-electron chi connectivity index (χ1n) is 10.3. The summed E-state index contributed by atoms with van der Waals surface area (Å²) in [5, 5.41) is 0. The van der Waals surface area contributed by atoms with E-state index in [4.69, 9.17) is 4.74 Å². The molecule has 0 radical (unpaired) electrons. The van der Waals surface area contributed by atoms with E-state index >= 15 is 0 Å². The SMILES string of the molecule is CCCCCCN1CCC(COC)(N(C(=O)CC)c2ccccc2)CC1. The molecule has 1 saturated heterocycles. The first kappa shape index (κ1) is 20.9. The van der Waals surface area contributed by atoms with E-state index in [2.05, 4.69) is 11.8 Å². The van der Waals surface area contributed by atoms with Crippen molar-refractivity contribution in [2.45, 2.75) is 64.3 Å². The van der Waals surface area contributed by atoms with Crippen LogP contribution in [0, 0.1) is 0 Å². The molecule has 26 heavy (non-hydrogen) atoms. The molecule has 4 heteroatoms. The van der Waals surface area contributed by atoms with Crippen LogP contribution in [0.1, 0.15) is 58.8 Å². The summed E-state index contributed by atoms with van der Waals surface area (Å²) < 4.78 is 5.62. The molecule has 0 atom stereocenters. The minimum absolute atomic E-state index is 0.185. The van der Waals surface area contributed by atoms with Crippen LogP contribution in [-0.2, 0) is 9.53 Å². The van der Waals surface area contributed by atoms with E-state index in [0.29, 0.717) is 13.0 Å². The maximum Gasteiger partial charge on any atom is 0.227 e. The molecule has 1 aromatic carbocycles. The lowest BCUT2D eigenvalue weighted by Gasteiger charge is -2.48. The lowest BCUT2D eigenvalue weighted by Crippen LogP contribution is -2.60. The highest BCUT2D eigenvalue weighted by molar-refractivity contribution is 5.94. The van der Waals surface area contributed by atoms with Crippen molar-refractivity contribution in [2.24, 2.45) is 0 Å². The number of anilines is 1. The molecule has 1 amide bonds. The van der Waals surface area contributed by atoms with Gasteiger partial charge in [-0.25, -0.2) is 0 Å². The quantitative estimate of drug-likeness (QED) is 0.576. The lowest BCUT2D eigenvalue weighted by molar-refractivity contribution is -0.120. The molecule has 146 valence electrons. The van der Waals surface area contributed by atoms with Gasteiger partial charge in [-0.2, -0.15) is 0 Å². The minimum atomic E-state index is -0.233. The van der Waals surface area contributed by atoms with Crippen molar-refractivity contribution in [1.29, 1.82) is 0 Å². The molecule has 1 fully saturated rings. The van der Waals surface area contributed by atoms with E-state index < -0.39 is 0 Å². The van der Waals surface area contributed by atoms with Gasteiger partial charge >= 0.3 is 0 Å². The number of ether oxygens (including phenoxy) is 1.